The number of Topliss-reactive ketones (excluding diaryl/α,β-unsaturated/α-hetero) is 1. The number of fused-ring (bicyclic) bond motifs is 1. The number of para-hydroxylation sites is 3. The van der Waals surface area contributed by atoms with Gasteiger partial charge in [0, 0.05) is 11.8 Å². The van der Waals surface area contributed by atoms with Gasteiger partial charge in [0.05, 0.1) is 24.1 Å². The average molecular weight is 373 g/mol. The minimum atomic E-state index is -0.295. The quantitative estimate of drug-likeness (QED) is 0.736. The normalized spacial score (nSPS) is 13.1. The number of nitrogens with one attached hydrogen (secondary N) is 1. The van der Waals surface area contributed by atoms with Crippen LogP contribution in [0.4, 0.5) is 5.69 Å². The Bertz CT molecular complexity index is 1100. The van der Waals surface area contributed by atoms with Gasteiger partial charge < -0.3 is 10.1 Å². The predicted octanol–water partition coefficient (Wildman–Crippen LogP) is 3.82. The molecule has 0 unspecified atom stereocenters. The Morgan fingerprint density at radius 1 is 1.04 bits per heavy atom. The molecular formula is C22H19N3O3. The molecular weight excluding hydrogens is 354 g/mol. The first kappa shape index (κ1) is 17.7. The molecule has 1 N–H and O–H groups in total. The van der Waals surface area contributed by atoms with Gasteiger partial charge in [0.25, 0.3) is 0 Å². The summed E-state index contributed by atoms with van der Waals surface area (Å²) in [6.07, 6.45) is 1.86. The fourth-order valence-electron chi connectivity index (χ4n) is 3.36. The third-order valence-corrected chi connectivity index (χ3v) is 4.66. The van der Waals surface area contributed by atoms with Crippen molar-refractivity contribution >= 4 is 17.3 Å². The number of carbonyl (C=O) groups is 2. The number of anilines is 1. The minimum Gasteiger partial charge on any atom is -0.494 e. The Morgan fingerprint density at radius 2 is 1.75 bits per heavy atom. The van der Waals surface area contributed by atoms with Crippen LogP contribution in [0, 0.1) is 0 Å². The number of aromatic nitrogens is 2. The second kappa shape index (κ2) is 7.15. The Balaban J connectivity index is 1.81. The van der Waals surface area contributed by atoms with Gasteiger partial charge in [-0.05, 0) is 30.7 Å². The van der Waals surface area contributed by atoms with Crippen LogP contribution >= 0.6 is 0 Å². The van der Waals surface area contributed by atoms with E-state index in [1.807, 2.05) is 61.5 Å². The van der Waals surface area contributed by atoms with Crippen LogP contribution in [-0.2, 0) is 6.42 Å². The van der Waals surface area contributed by atoms with E-state index >= 15 is 0 Å². The van der Waals surface area contributed by atoms with E-state index in [0.29, 0.717) is 29.1 Å². The number of benzene rings is 2. The lowest BCUT2D eigenvalue weighted by molar-refractivity contribution is 0.0983. The maximum Gasteiger partial charge on any atom is 0.213 e. The molecule has 0 spiro atoms. The molecule has 6 nitrogen and oxygen atoms in total. The molecule has 0 atom stereocenters. The Hall–Kier alpha value is -3.67. The van der Waals surface area contributed by atoms with E-state index in [9.17, 15) is 9.59 Å². The van der Waals surface area contributed by atoms with Gasteiger partial charge in [0.15, 0.2) is 0 Å². The van der Waals surface area contributed by atoms with E-state index in [1.54, 1.807) is 11.8 Å². The molecule has 1 aliphatic rings. The number of hydrogen-bond acceptors (Lipinski definition) is 5. The molecule has 0 radical (unpaired) electrons. The van der Waals surface area contributed by atoms with E-state index in [1.165, 1.54) is 6.08 Å². The van der Waals surface area contributed by atoms with Crippen LogP contribution in [-0.4, -0.2) is 28.5 Å². The smallest absolute Gasteiger partial charge is 0.213 e. The second-order valence-corrected chi connectivity index (χ2v) is 6.35. The molecule has 3 aromatic rings. The minimum absolute atomic E-state index is 0.173. The summed E-state index contributed by atoms with van der Waals surface area (Å²) >= 11 is 0. The number of ketones is 2. The lowest BCUT2D eigenvalue weighted by atomic mass is 9.95. The number of rotatable bonds is 5. The highest BCUT2D eigenvalue weighted by molar-refractivity contribution is 6.25. The number of allylic oxidation sites excluding steroid dienone is 2. The summed E-state index contributed by atoms with van der Waals surface area (Å²) in [6.45, 7) is 1.93. The highest BCUT2D eigenvalue weighted by atomic mass is 16.5. The first-order valence-electron chi connectivity index (χ1n) is 9.02. The van der Waals surface area contributed by atoms with Crippen LogP contribution in [0.15, 0.2) is 66.4 Å². The average Bonchev–Trinajstić information content (AvgIpc) is 3.13. The third kappa shape index (κ3) is 2.89. The van der Waals surface area contributed by atoms with E-state index in [-0.39, 0.29) is 23.0 Å². The van der Waals surface area contributed by atoms with Gasteiger partial charge >= 0.3 is 0 Å². The molecule has 1 aromatic heterocycles. The molecule has 0 saturated carbocycles. The molecule has 0 fully saturated rings. The first-order valence-corrected chi connectivity index (χ1v) is 9.02. The van der Waals surface area contributed by atoms with Crippen LogP contribution in [0.3, 0.4) is 0 Å². The fourth-order valence-corrected chi connectivity index (χ4v) is 3.36. The molecule has 0 bridgehead atoms. The highest BCUT2D eigenvalue weighted by Gasteiger charge is 2.33. The topological polar surface area (TPSA) is 73.2 Å². The monoisotopic (exact) mass is 373 g/mol. The van der Waals surface area contributed by atoms with Crippen LogP contribution in [0.2, 0.25) is 0 Å². The van der Waals surface area contributed by atoms with E-state index in [2.05, 4.69) is 10.4 Å². The van der Waals surface area contributed by atoms with Crippen molar-refractivity contribution in [2.45, 2.75) is 13.3 Å². The van der Waals surface area contributed by atoms with Gasteiger partial charge in [0.2, 0.25) is 11.6 Å². The number of methoxy groups -OCH3 is 1. The third-order valence-electron chi connectivity index (χ3n) is 4.66. The SMILES string of the molecule is CCc1c2c(nn1-c1ccccc1OC)C(=O)C=C(Nc1ccccc1)C2=O. The van der Waals surface area contributed by atoms with Crippen molar-refractivity contribution in [3.8, 4) is 11.4 Å². The zero-order valence-electron chi connectivity index (χ0n) is 15.6. The van der Waals surface area contributed by atoms with Gasteiger partial charge in [0.1, 0.15) is 17.1 Å². The highest BCUT2D eigenvalue weighted by Crippen LogP contribution is 2.30. The Morgan fingerprint density at radius 3 is 2.46 bits per heavy atom. The van der Waals surface area contributed by atoms with Crippen molar-refractivity contribution in [3.05, 3.63) is 83.3 Å². The van der Waals surface area contributed by atoms with Crippen LogP contribution in [0.1, 0.15) is 33.5 Å². The summed E-state index contributed by atoms with van der Waals surface area (Å²) in [5.74, 6) is 0.0837. The molecule has 4 rings (SSSR count). The van der Waals surface area contributed by atoms with Crippen LogP contribution < -0.4 is 10.1 Å². The molecule has 0 amide bonds. The van der Waals surface area contributed by atoms with Gasteiger partial charge in [-0.2, -0.15) is 5.10 Å². The maximum atomic E-state index is 13.2. The maximum absolute atomic E-state index is 13.2. The summed E-state index contributed by atoms with van der Waals surface area (Å²) < 4.78 is 7.07. The van der Waals surface area contributed by atoms with Crippen molar-refractivity contribution in [3.63, 3.8) is 0 Å². The van der Waals surface area contributed by atoms with E-state index in [0.717, 1.165) is 5.69 Å². The molecule has 0 saturated heterocycles. The number of carbonyl (C=O) groups excluding carboxylic acids is 2. The summed E-state index contributed by atoms with van der Waals surface area (Å²) in [5.41, 5.74) is 2.88. The van der Waals surface area contributed by atoms with Gasteiger partial charge in [-0.1, -0.05) is 37.3 Å². The van der Waals surface area contributed by atoms with Crippen LogP contribution in [0.25, 0.3) is 5.69 Å². The molecule has 1 aliphatic carbocycles. The zero-order valence-corrected chi connectivity index (χ0v) is 15.6. The predicted molar refractivity (Wildman–Crippen MR) is 106 cm³/mol. The summed E-state index contributed by atoms with van der Waals surface area (Å²) in [5, 5.41) is 7.52. The summed E-state index contributed by atoms with van der Waals surface area (Å²) in [7, 11) is 1.58. The van der Waals surface area contributed by atoms with E-state index < -0.39 is 0 Å². The number of ether oxygens (including phenoxy) is 1. The molecule has 28 heavy (non-hydrogen) atoms. The summed E-state index contributed by atoms with van der Waals surface area (Å²) in [6, 6.07) is 16.7. The van der Waals surface area contributed by atoms with Gasteiger partial charge in [-0.3, -0.25) is 9.59 Å². The van der Waals surface area contributed by atoms with Crippen molar-refractivity contribution < 1.29 is 14.3 Å². The van der Waals surface area contributed by atoms with Crippen molar-refractivity contribution in [1.29, 1.82) is 0 Å². The van der Waals surface area contributed by atoms with Gasteiger partial charge in [-0.25, -0.2) is 4.68 Å². The molecule has 1 heterocycles. The fraction of sp³-hybridized carbons (Fsp3) is 0.136. The van der Waals surface area contributed by atoms with Crippen molar-refractivity contribution in [1.82, 2.24) is 9.78 Å². The molecule has 2 aromatic carbocycles. The lowest BCUT2D eigenvalue weighted by Gasteiger charge is -2.14. The Labute approximate surface area is 162 Å². The molecule has 0 aliphatic heterocycles. The first-order chi connectivity index (χ1) is 13.6. The van der Waals surface area contributed by atoms with Crippen molar-refractivity contribution in [2.24, 2.45) is 0 Å². The zero-order chi connectivity index (χ0) is 19.7. The molecule has 140 valence electrons. The second-order valence-electron chi connectivity index (χ2n) is 6.35. The number of hydrogen-bond donors (Lipinski definition) is 1. The summed E-state index contributed by atoms with van der Waals surface area (Å²) in [4.78, 5) is 25.9. The van der Waals surface area contributed by atoms with E-state index in [4.69, 9.17) is 4.74 Å². The van der Waals surface area contributed by atoms with Gasteiger partial charge in [-0.15, -0.1) is 0 Å². The van der Waals surface area contributed by atoms with Crippen LogP contribution in [0.5, 0.6) is 5.75 Å². The Kier molecular flexibility index (Phi) is 4.53. The van der Waals surface area contributed by atoms with Crippen molar-refractivity contribution in [2.75, 3.05) is 12.4 Å². The standard InChI is InChI=1S/C22H19N3O3/c1-3-16-20-21(24-25(16)17-11-7-8-12-19(17)28-2)18(26)13-15(22(20)27)23-14-9-5-4-6-10-14/h4-13,23H,3H2,1-2H3. The lowest BCUT2D eigenvalue weighted by Crippen LogP contribution is -2.21. The largest absolute Gasteiger partial charge is 0.494 e. The molecule has 6 heteroatoms. The number of nitrogens with zero attached hydrogens (tertiary/aromatic N) is 2.